The van der Waals surface area contributed by atoms with E-state index in [1.807, 2.05) is 30.3 Å². The van der Waals surface area contributed by atoms with Gasteiger partial charge in [-0.25, -0.2) is 0 Å². The van der Waals surface area contributed by atoms with Crippen molar-refractivity contribution in [2.24, 2.45) is 46.3 Å². The Balaban J connectivity index is 1.22. The van der Waals surface area contributed by atoms with E-state index in [9.17, 15) is 4.79 Å². The fourth-order valence-corrected chi connectivity index (χ4v) is 11.1. The lowest BCUT2D eigenvalue weighted by Crippen LogP contribution is -2.50. The topological polar surface area (TPSA) is 26.3 Å². The molecule has 222 valence electrons. The fourth-order valence-electron chi connectivity index (χ4n) is 9.95. The first-order valence-corrected chi connectivity index (χ1v) is 17.6. The quantitative estimate of drug-likeness (QED) is 0.264. The Morgan fingerprint density at radius 1 is 1.00 bits per heavy atom. The Morgan fingerprint density at radius 2 is 1.77 bits per heavy atom. The lowest BCUT2D eigenvalue weighted by molar-refractivity contribution is -0.117. The summed E-state index contributed by atoms with van der Waals surface area (Å²) in [6.45, 7) is 14.7. The smallest absolute Gasteiger partial charge is 0.229 e. The van der Waals surface area contributed by atoms with Crippen LogP contribution in [-0.2, 0) is 4.79 Å². The predicted molar refractivity (Wildman–Crippen MR) is 171 cm³/mol. The molecule has 4 aliphatic carbocycles. The van der Waals surface area contributed by atoms with Gasteiger partial charge in [0.1, 0.15) is 5.75 Å². The summed E-state index contributed by atoms with van der Waals surface area (Å²) in [4.78, 5) is 13.3. The van der Waals surface area contributed by atoms with Gasteiger partial charge in [0.25, 0.3) is 0 Å². The molecule has 0 aromatic heterocycles. The van der Waals surface area contributed by atoms with Crippen molar-refractivity contribution in [2.45, 2.75) is 130 Å². The second-order valence-corrected chi connectivity index (χ2v) is 16.2. The predicted octanol–water partition coefficient (Wildman–Crippen LogP) is 10.5. The van der Waals surface area contributed by atoms with E-state index in [2.05, 4.69) is 47.6 Å². The van der Waals surface area contributed by atoms with Gasteiger partial charge in [-0.3, -0.25) is 4.79 Å². The molecular formula is C37H56O2S. The third-order valence-corrected chi connectivity index (χ3v) is 13.4. The average Bonchev–Trinajstić information content (AvgIpc) is 3.29. The van der Waals surface area contributed by atoms with Gasteiger partial charge in [0.2, 0.25) is 5.12 Å². The Kier molecular flexibility index (Phi) is 9.50. The monoisotopic (exact) mass is 564 g/mol. The number of carbonyl (C=O) groups excluding carboxylic acids is 1. The minimum atomic E-state index is -0.357. The van der Waals surface area contributed by atoms with E-state index >= 15 is 0 Å². The van der Waals surface area contributed by atoms with Crippen LogP contribution in [0, 0.1) is 46.3 Å². The number of para-hydroxylation sites is 1. The first kappa shape index (κ1) is 30.2. The van der Waals surface area contributed by atoms with Crippen molar-refractivity contribution in [1.29, 1.82) is 0 Å². The number of allylic oxidation sites excluding steroid dienone is 2. The van der Waals surface area contributed by atoms with E-state index in [0.29, 0.717) is 16.1 Å². The molecule has 3 saturated carbocycles. The number of carbonyl (C=O) groups is 1. The van der Waals surface area contributed by atoms with Gasteiger partial charge in [-0.15, -0.1) is 0 Å². The summed E-state index contributed by atoms with van der Waals surface area (Å²) < 4.78 is 6.09. The number of fused-ring (bicyclic) bond motifs is 5. The van der Waals surface area contributed by atoms with Crippen molar-refractivity contribution in [3.05, 3.63) is 42.0 Å². The Bertz CT molecular complexity index is 1030. The molecule has 0 saturated heterocycles. The molecule has 4 aliphatic rings. The van der Waals surface area contributed by atoms with Crippen LogP contribution in [0.2, 0.25) is 0 Å². The van der Waals surface area contributed by atoms with Crippen LogP contribution < -0.4 is 4.74 Å². The van der Waals surface area contributed by atoms with Crippen LogP contribution in [0.5, 0.6) is 5.75 Å². The molecule has 3 heteroatoms. The molecule has 0 aliphatic heterocycles. The van der Waals surface area contributed by atoms with E-state index in [1.54, 1.807) is 17.3 Å². The number of rotatable bonds is 10. The van der Waals surface area contributed by atoms with Crippen LogP contribution in [0.25, 0.3) is 0 Å². The highest BCUT2D eigenvalue weighted by atomic mass is 32.2. The molecule has 1 aromatic rings. The first-order valence-electron chi connectivity index (χ1n) is 16.8. The average molecular weight is 565 g/mol. The van der Waals surface area contributed by atoms with Gasteiger partial charge in [0.15, 0.2) is 6.10 Å². The Morgan fingerprint density at radius 3 is 2.50 bits per heavy atom. The van der Waals surface area contributed by atoms with Crippen molar-refractivity contribution in [2.75, 3.05) is 0 Å². The highest BCUT2D eigenvalue weighted by Gasteiger charge is 2.59. The molecule has 0 spiro atoms. The van der Waals surface area contributed by atoms with E-state index in [0.717, 1.165) is 60.5 Å². The van der Waals surface area contributed by atoms with Crippen molar-refractivity contribution >= 4 is 16.9 Å². The van der Waals surface area contributed by atoms with Crippen molar-refractivity contribution in [1.82, 2.24) is 0 Å². The zero-order valence-corrected chi connectivity index (χ0v) is 27.1. The highest BCUT2D eigenvalue weighted by molar-refractivity contribution is 8.14. The minimum absolute atomic E-state index is 0.210. The second kappa shape index (κ2) is 12.6. The van der Waals surface area contributed by atoms with Crippen LogP contribution in [0.1, 0.15) is 119 Å². The third-order valence-electron chi connectivity index (χ3n) is 12.2. The number of hydrogen-bond acceptors (Lipinski definition) is 3. The molecule has 0 radical (unpaired) electrons. The fraction of sp³-hybridized carbons (Fsp3) is 0.757. The summed E-state index contributed by atoms with van der Waals surface area (Å²) in [5.41, 5.74) is 2.58. The van der Waals surface area contributed by atoms with Crippen molar-refractivity contribution < 1.29 is 9.53 Å². The molecule has 0 amide bonds. The second-order valence-electron chi connectivity index (χ2n) is 14.9. The molecule has 1 aromatic carbocycles. The van der Waals surface area contributed by atoms with Gasteiger partial charge in [0.05, 0.1) is 0 Å². The third kappa shape index (κ3) is 5.97. The molecule has 40 heavy (non-hydrogen) atoms. The molecule has 3 fully saturated rings. The van der Waals surface area contributed by atoms with Crippen molar-refractivity contribution in [3.8, 4) is 5.75 Å². The minimum Gasteiger partial charge on any atom is -0.482 e. The summed E-state index contributed by atoms with van der Waals surface area (Å²) in [6.07, 6.45) is 17.8. The number of ether oxygens (including phenoxy) is 1. The van der Waals surface area contributed by atoms with E-state index in [1.165, 1.54) is 57.8 Å². The Hall–Kier alpha value is -1.22. The SMILES string of the molecule is CCC(Oc1ccccc1)C(=O)S[C@H]1CC[C@@]2(C)C(=CCC3C4CCC(C(C)CCCC(C)C)[C@@]4(C)CCC32)C1. The van der Waals surface area contributed by atoms with Gasteiger partial charge in [0, 0.05) is 5.25 Å². The van der Waals surface area contributed by atoms with Crippen LogP contribution in [-0.4, -0.2) is 16.5 Å². The molecule has 0 N–H and O–H groups in total. The zero-order chi connectivity index (χ0) is 28.5. The van der Waals surface area contributed by atoms with Crippen LogP contribution in [0.15, 0.2) is 42.0 Å². The number of thioether (sulfide) groups is 1. The summed E-state index contributed by atoms with van der Waals surface area (Å²) in [5, 5.41) is 0.607. The maximum atomic E-state index is 13.3. The lowest BCUT2D eigenvalue weighted by Gasteiger charge is -2.58. The normalized spacial score (nSPS) is 36.7. The maximum absolute atomic E-state index is 13.3. The molecule has 2 nitrogen and oxygen atoms in total. The van der Waals surface area contributed by atoms with E-state index < -0.39 is 0 Å². The lowest BCUT2D eigenvalue weighted by atomic mass is 9.47. The molecule has 0 heterocycles. The van der Waals surface area contributed by atoms with Gasteiger partial charge in [-0.2, -0.15) is 0 Å². The van der Waals surface area contributed by atoms with Crippen LogP contribution in [0.4, 0.5) is 0 Å². The molecule has 9 atom stereocenters. The Labute approximate surface area is 249 Å². The zero-order valence-electron chi connectivity index (χ0n) is 26.3. The first-order chi connectivity index (χ1) is 19.2. The molecular weight excluding hydrogens is 508 g/mol. The standard InChI is InChI=1S/C37H56O2S/c1-7-34(39-28-14-9-8-10-15-28)35(38)40-29-20-22-36(5)27(24-29)16-17-30-32-19-18-31(26(4)13-11-12-25(2)3)37(32,6)23-21-33(30)36/h8-10,14-16,25-26,29-34H,7,11-13,17-24H2,1-6H3/t26?,29-,30?,31?,32?,33?,34?,36-,37+/m0/s1. The van der Waals surface area contributed by atoms with Gasteiger partial charge < -0.3 is 4.74 Å². The molecule has 5 rings (SSSR count). The highest BCUT2D eigenvalue weighted by Crippen LogP contribution is 2.67. The summed E-state index contributed by atoms with van der Waals surface area (Å²) in [6, 6.07) is 9.83. The summed E-state index contributed by atoms with van der Waals surface area (Å²) in [7, 11) is 0. The van der Waals surface area contributed by atoms with Gasteiger partial charge >= 0.3 is 0 Å². The van der Waals surface area contributed by atoms with Gasteiger partial charge in [-0.05, 0) is 116 Å². The molecule has 0 bridgehead atoms. The van der Waals surface area contributed by atoms with Crippen LogP contribution >= 0.6 is 11.8 Å². The number of hydrogen-bond donors (Lipinski definition) is 0. The maximum Gasteiger partial charge on any atom is 0.229 e. The van der Waals surface area contributed by atoms with E-state index in [4.69, 9.17) is 4.74 Å². The molecule has 6 unspecified atom stereocenters. The van der Waals surface area contributed by atoms with Crippen molar-refractivity contribution in [3.63, 3.8) is 0 Å². The number of benzene rings is 1. The van der Waals surface area contributed by atoms with Gasteiger partial charge in [-0.1, -0.05) is 102 Å². The summed E-state index contributed by atoms with van der Waals surface area (Å²) >= 11 is 1.58. The van der Waals surface area contributed by atoms with Crippen LogP contribution in [0.3, 0.4) is 0 Å². The van der Waals surface area contributed by atoms with E-state index in [-0.39, 0.29) is 11.2 Å². The summed E-state index contributed by atoms with van der Waals surface area (Å²) in [5.74, 6) is 6.05. The largest absolute Gasteiger partial charge is 0.482 e.